The molecule has 1 aromatic carbocycles. The summed E-state index contributed by atoms with van der Waals surface area (Å²) in [5.41, 5.74) is 6.70. The van der Waals surface area contributed by atoms with E-state index in [4.69, 9.17) is 5.73 Å². The maximum atomic E-state index is 11.9. The maximum Gasteiger partial charge on any atom is 0.242 e. The Morgan fingerprint density at radius 2 is 2.06 bits per heavy atom. The molecule has 7 heteroatoms. The zero-order valence-corrected chi connectivity index (χ0v) is 11.3. The molecule has 0 fully saturated rings. The SMILES string of the molecule is CN(C)S(=O)(=O)c1ccc(NCCCF)c(N)c1. The molecule has 0 spiro atoms. The van der Waals surface area contributed by atoms with E-state index >= 15 is 0 Å². The fraction of sp³-hybridized carbons (Fsp3) is 0.455. The summed E-state index contributed by atoms with van der Waals surface area (Å²) >= 11 is 0. The maximum absolute atomic E-state index is 11.9. The number of nitrogens with one attached hydrogen (secondary N) is 1. The third-order valence-electron chi connectivity index (χ3n) is 2.43. The number of anilines is 2. The van der Waals surface area contributed by atoms with E-state index in [1.807, 2.05) is 0 Å². The Labute approximate surface area is 107 Å². The molecule has 1 aromatic rings. The number of rotatable bonds is 6. The number of sulfonamides is 1. The summed E-state index contributed by atoms with van der Waals surface area (Å²) < 4.78 is 36.8. The number of nitrogen functional groups attached to an aromatic ring is 1. The molecule has 0 saturated carbocycles. The molecule has 0 saturated heterocycles. The highest BCUT2D eigenvalue weighted by molar-refractivity contribution is 7.89. The molecule has 0 aliphatic heterocycles. The van der Waals surface area contributed by atoms with Gasteiger partial charge in [0.05, 0.1) is 22.9 Å². The molecule has 0 aliphatic rings. The van der Waals surface area contributed by atoms with E-state index in [0.29, 0.717) is 24.3 Å². The van der Waals surface area contributed by atoms with Crippen LogP contribution in [0.2, 0.25) is 0 Å². The van der Waals surface area contributed by atoms with Crippen molar-refractivity contribution in [1.29, 1.82) is 0 Å². The number of nitrogens with two attached hydrogens (primary N) is 1. The molecule has 0 bridgehead atoms. The summed E-state index contributed by atoms with van der Waals surface area (Å²) in [6, 6.07) is 4.46. The third kappa shape index (κ3) is 3.33. The van der Waals surface area contributed by atoms with Crippen molar-refractivity contribution in [3.63, 3.8) is 0 Å². The van der Waals surface area contributed by atoms with Crippen LogP contribution in [0.5, 0.6) is 0 Å². The Kier molecular flexibility index (Phi) is 4.92. The van der Waals surface area contributed by atoms with Crippen LogP contribution >= 0.6 is 0 Å². The first kappa shape index (κ1) is 14.7. The molecule has 0 atom stereocenters. The number of nitrogens with zero attached hydrogens (tertiary/aromatic N) is 1. The Morgan fingerprint density at radius 3 is 2.56 bits per heavy atom. The smallest absolute Gasteiger partial charge is 0.242 e. The van der Waals surface area contributed by atoms with Crippen molar-refractivity contribution in [3.8, 4) is 0 Å². The van der Waals surface area contributed by atoms with Gasteiger partial charge in [-0.2, -0.15) is 0 Å². The first-order valence-corrected chi connectivity index (χ1v) is 6.95. The van der Waals surface area contributed by atoms with Crippen LogP contribution in [-0.4, -0.2) is 40.0 Å². The number of hydrogen-bond donors (Lipinski definition) is 2. The number of alkyl halides is 1. The first-order chi connectivity index (χ1) is 8.39. The Balaban J connectivity index is 2.93. The lowest BCUT2D eigenvalue weighted by atomic mass is 10.2. The minimum atomic E-state index is -3.48. The average molecular weight is 275 g/mol. The van der Waals surface area contributed by atoms with E-state index < -0.39 is 16.7 Å². The van der Waals surface area contributed by atoms with Gasteiger partial charge in [0.2, 0.25) is 10.0 Å². The highest BCUT2D eigenvalue weighted by atomic mass is 32.2. The van der Waals surface area contributed by atoms with Crippen molar-refractivity contribution in [2.45, 2.75) is 11.3 Å². The zero-order chi connectivity index (χ0) is 13.8. The second-order valence-electron chi connectivity index (χ2n) is 4.01. The van der Waals surface area contributed by atoms with Crippen molar-refractivity contribution < 1.29 is 12.8 Å². The fourth-order valence-electron chi connectivity index (χ4n) is 1.36. The van der Waals surface area contributed by atoms with Crippen LogP contribution in [0.15, 0.2) is 23.1 Å². The van der Waals surface area contributed by atoms with Crippen molar-refractivity contribution in [2.75, 3.05) is 38.4 Å². The van der Waals surface area contributed by atoms with Crippen molar-refractivity contribution in [1.82, 2.24) is 4.31 Å². The molecule has 0 aromatic heterocycles. The number of benzene rings is 1. The van der Waals surface area contributed by atoms with Gasteiger partial charge in [-0.15, -0.1) is 0 Å². The quantitative estimate of drug-likeness (QED) is 0.606. The van der Waals surface area contributed by atoms with E-state index in [1.165, 1.54) is 26.2 Å². The molecule has 5 nitrogen and oxygen atoms in total. The molecule has 0 radical (unpaired) electrons. The predicted molar refractivity (Wildman–Crippen MR) is 70.8 cm³/mol. The Hall–Kier alpha value is -1.34. The van der Waals surface area contributed by atoms with Gasteiger partial charge in [0.15, 0.2) is 0 Å². The molecule has 0 heterocycles. The van der Waals surface area contributed by atoms with Crippen LogP contribution in [0.4, 0.5) is 15.8 Å². The molecule has 1 rings (SSSR count). The van der Waals surface area contributed by atoms with Gasteiger partial charge < -0.3 is 11.1 Å². The van der Waals surface area contributed by atoms with Crippen LogP contribution in [0.1, 0.15) is 6.42 Å². The van der Waals surface area contributed by atoms with Gasteiger partial charge in [-0.3, -0.25) is 4.39 Å². The van der Waals surface area contributed by atoms with Gasteiger partial charge in [-0.05, 0) is 24.6 Å². The summed E-state index contributed by atoms with van der Waals surface area (Å²) in [6.45, 7) is 0.0560. The second kappa shape index (κ2) is 6.01. The van der Waals surface area contributed by atoms with Crippen LogP contribution in [0.25, 0.3) is 0 Å². The summed E-state index contributed by atoms with van der Waals surface area (Å²) in [5.74, 6) is 0. The average Bonchev–Trinajstić information content (AvgIpc) is 2.31. The molecule has 0 amide bonds. The lowest BCUT2D eigenvalue weighted by Gasteiger charge is -2.14. The van der Waals surface area contributed by atoms with Crippen LogP contribution in [0, 0.1) is 0 Å². The standard InChI is InChI=1S/C11H18FN3O2S/c1-15(2)18(16,17)9-4-5-11(10(13)8-9)14-7-3-6-12/h4-5,8,14H,3,6-7,13H2,1-2H3. The largest absolute Gasteiger partial charge is 0.397 e. The minimum Gasteiger partial charge on any atom is -0.397 e. The van der Waals surface area contributed by atoms with E-state index in [2.05, 4.69) is 5.32 Å². The monoisotopic (exact) mass is 275 g/mol. The molecule has 18 heavy (non-hydrogen) atoms. The summed E-state index contributed by atoms with van der Waals surface area (Å²) in [7, 11) is -0.561. The minimum absolute atomic E-state index is 0.140. The summed E-state index contributed by atoms with van der Waals surface area (Å²) in [5, 5.41) is 2.95. The van der Waals surface area contributed by atoms with Gasteiger partial charge in [-0.1, -0.05) is 0 Å². The Morgan fingerprint density at radius 1 is 1.39 bits per heavy atom. The molecular weight excluding hydrogens is 257 g/mol. The molecule has 102 valence electrons. The highest BCUT2D eigenvalue weighted by Gasteiger charge is 2.17. The third-order valence-corrected chi connectivity index (χ3v) is 4.24. The van der Waals surface area contributed by atoms with Crippen LogP contribution in [-0.2, 0) is 10.0 Å². The van der Waals surface area contributed by atoms with Crippen LogP contribution in [0.3, 0.4) is 0 Å². The normalized spacial score (nSPS) is 11.8. The van der Waals surface area contributed by atoms with E-state index in [9.17, 15) is 12.8 Å². The van der Waals surface area contributed by atoms with Crippen molar-refractivity contribution >= 4 is 21.4 Å². The Bertz CT molecular complexity index is 503. The predicted octanol–water partition coefficient (Wildman–Crippen LogP) is 1.29. The number of hydrogen-bond acceptors (Lipinski definition) is 4. The molecule has 0 aliphatic carbocycles. The van der Waals surface area contributed by atoms with Gasteiger partial charge in [0.1, 0.15) is 0 Å². The lowest BCUT2D eigenvalue weighted by molar-refractivity contribution is 0.481. The second-order valence-corrected chi connectivity index (χ2v) is 6.16. The molecule has 3 N–H and O–H groups in total. The van der Waals surface area contributed by atoms with Crippen molar-refractivity contribution in [2.24, 2.45) is 0 Å². The number of halogens is 1. The summed E-state index contributed by atoms with van der Waals surface area (Å²) in [4.78, 5) is 0.140. The molecule has 0 unspecified atom stereocenters. The van der Waals surface area contributed by atoms with Crippen LogP contribution < -0.4 is 11.1 Å². The topological polar surface area (TPSA) is 75.4 Å². The summed E-state index contributed by atoms with van der Waals surface area (Å²) in [6.07, 6.45) is 0.386. The van der Waals surface area contributed by atoms with Gasteiger partial charge in [0, 0.05) is 20.6 Å². The zero-order valence-electron chi connectivity index (χ0n) is 10.5. The van der Waals surface area contributed by atoms with Gasteiger partial charge in [0.25, 0.3) is 0 Å². The molecular formula is C11H18FN3O2S. The van der Waals surface area contributed by atoms with E-state index in [0.717, 1.165) is 4.31 Å². The van der Waals surface area contributed by atoms with Gasteiger partial charge in [-0.25, -0.2) is 12.7 Å². The highest BCUT2D eigenvalue weighted by Crippen LogP contribution is 2.23. The van der Waals surface area contributed by atoms with Crippen molar-refractivity contribution in [3.05, 3.63) is 18.2 Å². The van der Waals surface area contributed by atoms with Gasteiger partial charge >= 0.3 is 0 Å². The van der Waals surface area contributed by atoms with E-state index in [1.54, 1.807) is 6.07 Å². The van der Waals surface area contributed by atoms with E-state index in [-0.39, 0.29) is 4.90 Å². The lowest BCUT2D eigenvalue weighted by Crippen LogP contribution is -2.22. The fourth-order valence-corrected chi connectivity index (χ4v) is 2.30. The first-order valence-electron chi connectivity index (χ1n) is 5.51.